The zero-order chi connectivity index (χ0) is 22.1. The molecule has 1 unspecified atom stereocenters. The van der Waals surface area contributed by atoms with E-state index in [1.165, 1.54) is 32.3 Å². The smallest absolute Gasteiger partial charge is 0.322 e. The van der Waals surface area contributed by atoms with E-state index in [0.717, 1.165) is 5.56 Å². The number of piperazine rings is 1. The lowest BCUT2D eigenvalue weighted by Gasteiger charge is -2.44. The maximum Gasteiger partial charge on any atom is 0.322 e. The van der Waals surface area contributed by atoms with E-state index in [1.807, 2.05) is 6.07 Å². The molecule has 1 fully saturated rings. The van der Waals surface area contributed by atoms with E-state index >= 15 is 0 Å². The number of halogens is 1. The quantitative estimate of drug-likeness (QED) is 0.809. The summed E-state index contributed by atoms with van der Waals surface area (Å²) in [7, 11) is 4.47. The highest BCUT2D eigenvalue weighted by atomic mass is 19.1. The number of rotatable bonds is 4. The molecular formula is C22H24FN3O5. The summed E-state index contributed by atoms with van der Waals surface area (Å²) >= 11 is 0. The maximum absolute atomic E-state index is 14.2. The summed E-state index contributed by atoms with van der Waals surface area (Å²) in [5.41, 5.74) is 1.80. The highest BCUT2D eigenvalue weighted by Crippen LogP contribution is 2.40. The summed E-state index contributed by atoms with van der Waals surface area (Å²) < 4.78 is 30.2. The van der Waals surface area contributed by atoms with Crippen molar-refractivity contribution in [3.05, 3.63) is 47.3 Å². The molecule has 31 heavy (non-hydrogen) atoms. The van der Waals surface area contributed by atoms with Gasteiger partial charge in [-0.1, -0.05) is 12.1 Å². The average Bonchev–Trinajstić information content (AvgIpc) is 2.78. The molecule has 0 saturated carbocycles. The molecule has 0 radical (unpaired) electrons. The summed E-state index contributed by atoms with van der Waals surface area (Å²) in [5, 5.41) is 2.79. The first-order chi connectivity index (χ1) is 15.0. The Balaban J connectivity index is 1.57. The standard InChI is InChI=1S/C22H24FN3O5/c1-29-18-9-13(10-19(30-2)21(18)31-3)24-22(28)25-11-17-15-5-4-6-16(23)14(15)7-8-26(17)20(27)12-25/h4-6,9-10,17H,7-8,11-12H2,1-3H3,(H,24,28). The Morgan fingerprint density at radius 3 is 2.48 bits per heavy atom. The first-order valence-corrected chi connectivity index (χ1v) is 9.89. The highest BCUT2D eigenvalue weighted by Gasteiger charge is 2.39. The van der Waals surface area contributed by atoms with Gasteiger partial charge in [0.15, 0.2) is 11.5 Å². The Morgan fingerprint density at radius 1 is 1.13 bits per heavy atom. The number of fused-ring (bicyclic) bond motifs is 3. The highest BCUT2D eigenvalue weighted by molar-refractivity contribution is 5.94. The number of carbonyl (C=O) groups is 2. The van der Waals surface area contributed by atoms with Gasteiger partial charge in [-0.3, -0.25) is 4.79 Å². The van der Waals surface area contributed by atoms with Crippen molar-refractivity contribution < 1.29 is 28.2 Å². The van der Waals surface area contributed by atoms with Gasteiger partial charge >= 0.3 is 6.03 Å². The van der Waals surface area contributed by atoms with Crippen molar-refractivity contribution in [3.8, 4) is 17.2 Å². The molecule has 1 N–H and O–H groups in total. The van der Waals surface area contributed by atoms with Crippen LogP contribution in [0.15, 0.2) is 30.3 Å². The second-order valence-corrected chi connectivity index (χ2v) is 7.39. The number of hydrogen-bond donors (Lipinski definition) is 1. The molecule has 0 spiro atoms. The molecule has 2 aromatic rings. The Labute approximate surface area is 179 Å². The van der Waals surface area contributed by atoms with Crippen LogP contribution in [0.3, 0.4) is 0 Å². The predicted octanol–water partition coefficient (Wildman–Crippen LogP) is 2.83. The molecule has 1 saturated heterocycles. The van der Waals surface area contributed by atoms with Crippen LogP contribution in [-0.2, 0) is 11.2 Å². The van der Waals surface area contributed by atoms with Crippen LogP contribution in [0, 0.1) is 5.82 Å². The fourth-order valence-corrected chi connectivity index (χ4v) is 4.24. The van der Waals surface area contributed by atoms with E-state index in [4.69, 9.17) is 14.2 Å². The predicted molar refractivity (Wildman–Crippen MR) is 111 cm³/mol. The van der Waals surface area contributed by atoms with Crippen LogP contribution in [-0.4, -0.2) is 62.7 Å². The number of anilines is 1. The molecule has 1 atom stereocenters. The minimum absolute atomic E-state index is 0.0442. The summed E-state index contributed by atoms with van der Waals surface area (Å²) in [6.07, 6.45) is 0.474. The van der Waals surface area contributed by atoms with Gasteiger partial charge in [-0.25, -0.2) is 9.18 Å². The van der Waals surface area contributed by atoms with Crippen LogP contribution in [0.5, 0.6) is 17.2 Å². The summed E-state index contributed by atoms with van der Waals surface area (Å²) in [4.78, 5) is 28.9. The number of hydrogen-bond acceptors (Lipinski definition) is 5. The van der Waals surface area contributed by atoms with Gasteiger partial charge in [0.1, 0.15) is 12.4 Å². The van der Waals surface area contributed by atoms with Crippen molar-refractivity contribution in [2.24, 2.45) is 0 Å². The van der Waals surface area contributed by atoms with Crippen LogP contribution < -0.4 is 19.5 Å². The van der Waals surface area contributed by atoms with Gasteiger partial charge in [0.25, 0.3) is 0 Å². The molecule has 2 aliphatic heterocycles. The second-order valence-electron chi connectivity index (χ2n) is 7.39. The van der Waals surface area contributed by atoms with Crippen molar-refractivity contribution >= 4 is 17.6 Å². The summed E-state index contributed by atoms with van der Waals surface area (Å²) in [5.74, 6) is 0.770. The zero-order valence-electron chi connectivity index (χ0n) is 17.6. The Kier molecular flexibility index (Phi) is 5.58. The zero-order valence-corrected chi connectivity index (χ0v) is 17.6. The van der Waals surface area contributed by atoms with Gasteiger partial charge < -0.3 is 29.3 Å². The summed E-state index contributed by atoms with van der Waals surface area (Å²) in [6, 6.07) is 7.30. The Bertz CT molecular complexity index is 1000. The van der Waals surface area contributed by atoms with Gasteiger partial charge in [-0.2, -0.15) is 0 Å². The fraction of sp³-hybridized carbons (Fsp3) is 0.364. The molecule has 3 amide bonds. The number of ether oxygens (including phenoxy) is 3. The molecule has 2 heterocycles. The first kappa shape index (κ1) is 20.8. The third kappa shape index (κ3) is 3.71. The SMILES string of the molecule is COc1cc(NC(=O)N2CC(=O)N3CCc4c(F)cccc4C3C2)cc(OC)c1OC. The van der Waals surface area contributed by atoms with Gasteiger partial charge in [-0.05, 0) is 23.6 Å². The minimum atomic E-state index is -0.439. The van der Waals surface area contributed by atoms with Gasteiger partial charge in [0.05, 0.1) is 33.1 Å². The normalized spacial score (nSPS) is 17.5. The van der Waals surface area contributed by atoms with E-state index in [2.05, 4.69) is 5.32 Å². The van der Waals surface area contributed by atoms with Gasteiger partial charge in [-0.15, -0.1) is 0 Å². The third-order valence-electron chi connectivity index (χ3n) is 5.74. The molecule has 0 aromatic heterocycles. The van der Waals surface area contributed by atoms with Crippen LogP contribution in [0.4, 0.5) is 14.9 Å². The number of methoxy groups -OCH3 is 3. The molecular weight excluding hydrogens is 405 g/mol. The second kappa shape index (κ2) is 8.33. The van der Waals surface area contributed by atoms with Crippen LogP contribution in [0.2, 0.25) is 0 Å². The van der Waals surface area contributed by atoms with Crippen molar-refractivity contribution in [2.45, 2.75) is 12.5 Å². The number of benzene rings is 2. The first-order valence-electron chi connectivity index (χ1n) is 9.89. The molecule has 2 aromatic carbocycles. The number of urea groups is 1. The lowest BCUT2D eigenvalue weighted by Crippen LogP contribution is -2.56. The number of nitrogens with one attached hydrogen (secondary N) is 1. The van der Waals surface area contributed by atoms with Crippen molar-refractivity contribution in [3.63, 3.8) is 0 Å². The molecule has 2 aliphatic rings. The lowest BCUT2D eigenvalue weighted by atomic mass is 9.90. The molecule has 0 aliphatic carbocycles. The molecule has 4 rings (SSSR count). The number of nitrogens with zero attached hydrogens (tertiary/aromatic N) is 2. The van der Waals surface area contributed by atoms with Gasteiger partial charge in [0, 0.05) is 25.2 Å². The monoisotopic (exact) mass is 429 g/mol. The van der Waals surface area contributed by atoms with E-state index in [0.29, 0.717) is 41.5 Å². The third-order valence-corrected chi connectivity index (χ3v) is 5.74. The van der Waals surface area contributed by atoms with E-state index < -0.39 is 6.03 Å². The van der Waals surface area contributed by atoms with E-state index in [9.17, 15) is 14.0 Å². The van der Waals surface area contributed by atoms with Crippen LogP contribution in [0.1, 0.15) is 17.2 Å². The topological polar surface area (TPSA) is 80.3 Å². The molecule has 0 bridgehead atoms. The number of amides is 3. The van der Waals surface area contributed by atoms with Crippen LogP contribution in [0.25, 0.3) is 0 Å². The molecule has 8 nitrogen and oxygen atoms in total. The maximum atomic E-state index is 14.2. The summed E-state index contributed by atoms with van der Waals surface area (Å²) in [6.45, 7) is 0.676. The van der Waals surface area contributed by atoms with E-state index in [1.54, 1.807) is 23.1 Å². The number of carbonyl (C=O) groups excluding carboxylic acids is 2. The van der Waals surface area contributed by atoms with Crippen molar-refractivity contribution in [1.29, 1.82) is 0 Å². The average molecular weight is 429 g/mol. The Morgan fingerprint density at radius 2 is 1.84 bits per heavy atom. The van der Waals surface area contributed by atoms with Gasteiger partial charge in [0.2, 0.25) is 11.7 Å². The van der Waals surface area contributed by atoms with E-state index in [-0.39, 0.29) is 30.9 Å². The minimum Gasteiger partial charge on any atom is -0.493 e. The van der Waals surface area contributed by atoms with Crippen LogP contribution >= 0.6 is 0 Å². The van der Waals surface area contributed by atoms with Crippen molar-refractivity contribution in [2.75, 3.05) is 46.3 Å². The lowest BCUT2D eigenvalue weighted by molar-refractivity contribution is -0.139. The molecule has 164 valence electrons. The largest absolute Gasteiger partial charge is 0.493 e. The Hall–Kier alpha value is -3.49. The molecule has 9 heteroatoms. The fourth-order valence-electron chi connectivity index (χ4n) is 4.24. The van der Waals surface area contributed by atoms with Crippen molar-refractivity contribution in [1.82, 2.24) is 9.80 Å².